The number of benzene rings is 1. The van der Waals surface area contributed by atoms with Crippen molar-refractivity contribution in [1.29, 1.82) is 0 Å². The first kappa shape index (κ1) is 9.11. The first-order valence-corrected chi connectivity index (χ1v) is 3.40. The van der Waals surface area contributed by atoms with Crippen molar-refractivity contribution in [2.75, 3.05) is 5.73 Å². The van der Waals surface area contributed by atoms with Crippen LogP contribution in [-0.2, 0) is 0 Å². The van der Waals surface area contributed by atoms with Gasteiger partial charge in [0.25, 0.3) is 5.69 Å². The molecule has 0 aliphatic carbocycles. The highest BCUT2D eigenvalue weighted by Gasteiger charge is 2.19. The lowest BCUT2D eigenvalue weighted by molar-refractivity contribution is -0.385. The van der Waals surface area contributed by atoms with Crippen molar-refractivity contribution in [2.24, 2.45) is 0 Å². The molecule has 0 saturated carbocycles. The normalized spacial score (nSPS) is 9.92. The average molecular weight is 184 g/mol. The zero-order valence-electron chi connectivity index (χ0n) is 6.81. The van der Waals surface area contributed by atoms with Gasteiger partial charge in [0.15, 0.2) is 5.75 Å². The van der Waals surface area contributed by atoms with Crippen LogP contribution in [0, 0.1) is 17.0 Å². The molecule has 0 bridgehead atoms. The lowest BCUT2D eigenvalue weighted by Gasteiger charge is -2.05. The lowest BCUT2D eigenvalue weighted by Crippen LogP contribution is -1.95. The van der Waals surface area contributed by atoms with Crippen LogP contribution < -0.4 is 5.73 Å². The van der Waals surface area contributed by atoms with Gasteiger partial charge in [-0.15, -0.1) is 0 Å². The molecule has 0 aromatic heterocycles. The van der Waals surface area contributed by atoms with Gasteiger partial charge in [0.2, 0.25) is 0 Å². The second kappa shape index (κ2) is 2.81. The fourth-order valence-corrected chi connectivity index (χ4v) is 0.950. The molecule has 0 spiro atoms. The van der Waals surface area contributed by atoms with Crippen molar-refractivity contribution in [3.8, 4) is 11.5 Å². The third-order valence-corrected chi connectivity index (χ3v) is 1.74. The van der Waals surface area contributed by atoms with E-state index in [4.69, 9.17) is 10.8 Å². The molecule has 0 atom stereocenters. The molecule has 13 heavy (non-hydrogen) atoms. The quantitative estimate of drug-likeness (QED) is 0.260. The predicted molar refractivity (Wildman–Crippen MR) is 45.6 cm³/mol. The SMILES string of the molecule is Cc1c([N+](=O)[O-])cc(O)c(N)c1O. The van der Waals surface area contributed by atoms with Gasteiger partial charge in [-0.1, -0.05) is 0 Å². The topological polar surface area (TPSA) is 110 Å². The van der Waals surface area contributed by atoms with Gasteiger partial charge < -0.3 is 15.9 Å². The zero-order valence-corrected chi connectivity index (χ0v) is 6.81. The largest absolute Gasteiger partial charge is 0.505 e. The molecule has 4 N–H and O–H groups in total. The Kier molecular flexibility index (Phi) is 1.97. The number of nitrogens with two attached hydrogens (primary N) is 1. The Morgan fingerprint density at radius 3 is 2.54 bits per heavy atom. The van der Waals surface area contributed by atoms with Gasteiger partial charge in [-0.2, -0.15) is 0 Å². The van der Waals surface area contributed by atoms with E-state index in [0.29, 0.717) is 0 Å². The van der Waals surface area contributed by atoms with Gasteiger partial charge in [0.1, 0.15) is 11.4 Å². The number of nitro groups is 1. The molecule has 0 amide bonds. The lowest BCUT2D eigenvalue weighted by atomic mass is 10.1. The zero-order chi connectivity index (χ0) is 10.2. The van der Waals surface area contributed by atoms with Gasteiger partial charge in [-0.3, -0.25) is 10.1 Å². The summed E-state index contributed by atoms with van der Waals surface area (Å²) < 4.78 is 0. The smallest absolute Gasteiger partial charge is 0.279 e. The summed E-state index contributed by atoms with van der Waals surface area (Å²) in [4.78, 5) is 9.68. The third-order valence-electron chi connectivity index (χ3n) is 1.74. The number of phenols is 2. The second-order valence-corrected chi connectivity index (χ2v) is 2.56. The molecule has 1 aromatic rings. The summed E-state index contributed by atoms with van der Waals surface area (Å²) >= 11 is 0. The average Bonchev–Trinajstić information content (AvgIpc) is 2.07. The minimum atomic E-state index is -0.700. The maximum atomic E-state index is 10.4. The Balaban J connectivity index is 3.50. The number of rotatable bonds is 1. The summed E-state index contributed by atoms with van der Waals surface area (Å²) in [6, 6.07) is 0.907. The number of nitro benzene ring substituents is 1. The molecule has 1 aromatic carbocycles. The van der Waals surface area contributed by atoms with Gasteiger partial charge in [0, 0.05) is 0 Å². The Bertz CT molecular complexity index is 375. The van der Waals surface area contributed by atoms with Crippen LogP contribution >= 0.6 is 0 Å². The van der Waals surface area contributed by atoms with Gasteiger partial charge in [0.05, 0.1) is 16.6 Å². The number of hydrogen-bond donors (Lipinski definition) is 3. The van der Waals surface area contributed by atoms with Crippen molar-refractivity contribution < 1.29 is 15.1 Å². The number of nitrogens with zero attached hydrogens (tertiary/aromatic N) is 1. The Morgan fingerprint density at radius 2 is 2.08 bits per heavy atom. The molecule has 0 unspecified atom stereocenters. The van der Waals surface area contributed by atoms with Crippen LogP contribution in [0.15, 0.2) is 6.07 Å². The van der Waals surface area contributed by atoms with E-state index in [1.54, 1.807) is 0 Å². The van der Waals surface area contributed by atoms with E-state index >= 15 is 0 Å². The highest BCUT2D eigenvalue weighted by Crippen LogP contribution is 2.38. The minimum absolute atomic E-state index is 0.0419. The van der Waals surface area contributed by atoms with E-state index < -0.39 is 16.4 Å². The molecule has 70 valence electrons. The van der Waals surface area contributed by atoms with E-state index in [1.165, 1.54) is 6.92 Å². The van der Waals surface area contributed by atoms with Crippen LogP contribution in [0.25, 0.3) is 0 Å². The maximum Gasteiger partial charge on any atom is 0.279 e. The third kappa shape index (κ3) is 1.33. The highest BCUT2D eigenvalue weighted by molar-refractivity contribution is 5.70. The van der Waals surface area contributed by atoms with Crippen LogP contribution in [0.1, 0.15) is 5.56 Å². The molecular weight excluding hydrogens is 176 g/mol. The fourth-order valence-electron chi connectivity index (χ4n) is 0.950. The molecule has 0 radical (unpaired) electrons. The summed E-state index contributed by atoms with van der Waals surface area (Å²) in [6.45, 7) is 1.35. The van der Waals surface area contributed by atoms with Crippen molar-refractivity contribution in [3.05, 3.63) is 21.7 Å². The predicted octanol–water partition coefficient (Wildman–Crippen LogP) is 0.897. The minimum Gasteiger partial charge on any atom is -0.505 e. The van der Waals surface area contributed by atoms with Crippen molar-refractivity contribution in [3.63, 3.8) is 0 Å². The van der Waals surface area contributed by atoms with Gasteiger partial charge >= 0.3 is 0 Å². The number of hydrogen-bond acceptors (Lipinski definition) is 5. The van der Waals surface area contributed by atoms with Crippen molar-refractivity contribution >= 4 is 11.4 Å². The first-order chi connectivity index (χ1) is 5.95. The molecule has 6 nitrogen and oxygen atoms in total. The molecule has 0 aliphatic heterocycles. The van der Waals surface area contributed by atoms with Crippen LogP contribution in [0.3, 0.4) is 0 Å². The fraction of sp³-hybridized carbons (Fsp3) is 0.143. The number of nitrogen functional groups attached to an aromatic ring is 1. The van der Waals surface area contributed by atoms with E-state index in [2.05, 4.69) is 0 Å². The summed E-state index contributed by atoms with van der Waals surface area (Å²) in [6.07, 6.45) is 0. The summed E-state index contributed by atoms with van der Waals surface area (Å²) in [5.74, 6) is -0.943. The van der Waals surface area contributed by atoms with Crippen LogP contribution in [0.5, 0.6) is 11.5 Å². The molecule has 0 aliphatic rings. The van der Waals surface area contributed by atoms with Gasteiger partial charge in [-0.25, -0.2) is 0 Å². The second-order valence-electron chi connectivity index (χ2n) is 2.56. The monoisotopic (exact) mass is 184 g/mol. The summed E-state index contributed by atoms with van der Waals surface area (Å²) in [7, 11) is 0. The molecule has 1 rings (SSSR count). The molecule has 0 heterocycles. The molecule has 0 fully saturated rings. The Morgan fingerprint density at radius 1 is 1.54 bits per heavy atom. The first-order valence-electron chi connectivity index (χ1n) is 3.40. The Hall–Kier alpha value is -1.98. The van der Waals surface area contributed by atoms with Crippen LogP contribution in [-0.4, -0.2) is 15.1 Å². The highest BCUT2D eigenvalue weighted by atomic mass is 16.6. The molecular formula is C7H8N2O4. The van der Waals surface area contributed by atoms with Crippen LogP contribution in [0.2, 0.25) is 0 Å². The standard InChI is InChI=1S/C7H8N2O4/c1-3-4(9(12)13)2-5(10)6(8)7(3)11/h2,10-11H,8H2,1H3. The number of phenolic OH excluding ortho intramolecular Hbond substituents is 2. The van der Waals surface area contributed by atoms with Crippen molar-refractivity contribution in [1.82, 2.24) is 0 Å². The Labute approximate surface area is 73.4 Å². The van der Waals surface area contributed by atoms with Gasteiger partial charge in [-0.05, 0) is 6.92 Å². The van der Waals surface area contributed by atoms with E-state index in [0.717, 1.165) is 6.07 Å². The maximum absolute atomic E-state index is 10.4. The summed E-state index contributed by atoms with van der Waals surface area (Å²) in [5.41, 5.74) is 4.67. The molecule has 0 saturated heterocycles. The van der Waals surface area contributed by atoms with E-state index in [1.807, 2.05) is 0 Å². The van der Waals surface area contributed by atoms with Crippen molar-refractivity contribution in [2.45, 2.75) is 6.92 Å². The van der Waals surface area contributed by atoms with E-state index in [-0.39, 0.29) is 16.9 Å². The number of aromatic hydroxyl groups is 2. The summed E-state index contributed by atoms with van der Waals surface area (Å²) in [5, 5.41) is 28.7. The van der Waals surface area contributed by atoms with E-state index in [9.17, 15) is 15.2 Å². The number of anilines is 1. The van der Waals surface area contributed by atoms with Crippen LogP contribution in [0.4, 0.5) is 11.4 Å². The molecule has 6 heteroatoms.